The summed E-state index contributed by atoms with van der Waals surface area (Å²) in [6.07, 6.45) is 3.92. The maximum Gasteiger partial charge on any atom is 0.309 e. The molecule has 0 aliphatic rings. The quantitative estimate of drug-likeness (QED) is 0.799. The van der Waals surface area contributed by atoms with E-state index >= 15 is 0 Å². The minimum atomic E-state index is -3.85. The summed E-state index contributed by atoms with van der Waals surface area (Å²) in [5.74, 6) is 5.00. The number of rotatable bonds is 3. The Morgan fingerprint density at radius 1 is 1.45 bits per heavy atom. The van der Waals surface area contributed by atoms with Gasteiger partial charge in [-0.15, -0.1) is 0 Å². The fourth-order valence-corrected chi connectivity index (χ4v) is 2.27. The maximum absolute atomic E-state index is 12.1. The molecule has 0 saturated heterocycles. The van der Waals surface area contributed by atoms with Gasteiger partial charge in [-0.2, -0.15) is 4.98 Å². The minimum Gasteiger partial charge on any atom is -0.431 e. The van der Waals surface area contributed by atoms with Crippen molar-refractivity contribution < 1.29 is 17.9 Å². The molecule has 0 amide bonds. The molecular weight excluding hydrogens is 282 g/mol. The standard InChI is InChI=1S/C12H11N3O4S/c1-9-8-19-12(14-9)15-20(17,18)11-5-10(3-2-4-16)6-13-7-11/h5-8,16H,4H2,1H3,(H,14,15). The van der Waals surface area contributed by atoms with E-state index in [-0.39, 0.29) is 17.5 Å². The third-order valence-electron chi connectivity index (χ3n) is 2.18. The van der Waals surface area contributed by atoms with Crippen LogP contribution >= 0.6 is 0 Å². The van der Waals surface area contributed by atoms with E-state index in [2.05, 4.69) is 26.5 Å². The predicted molar refractivity (Wildman–Crippen MR) is 70.2 cm³/mol. The van der Waals surface area contributed by atoms with Gasteiger partial charge in [0, 0.05) is 18.0 Å². The van der Waals surface area contributed by atoms with Gasteiger partial charge in [0.05, 0.1) is 5.69 Å². The third kappa shape index (κ3) is 3.34. The highest BCUT2D eigenvalue weighted by atomic mass is 32.2. The van der Waals surface area contributed by atoms with Crippen LogP contribution in [0.4, 0.5) is 6.01 Å². The van der Waals surface area contributed by atoms with Crippen molar-refractivity contribution in [2.24, 2.45) is 0 Å². The van der Waals surface area contributed by atoms with Gasteiger partial charge in [0.1, 0.15) is 17.8 Å². The molecule has 2 N–H and O–H groups in total. The summed E-state index contributed by atoms with van der Waals surface area (Å²) in [5.41, 5.74) is 0.939. The number of nitrogens with one attached hydrogen (secondary N) is 1. The van der Waals surface area contributed by atoms with Gasteiger partial charge in [0.2, 0.25) is 0 Å². The summed E-state index contributed by atoms with van der Waals surface area (Å²) in [7, 11) is -3.85. The van der Waals surface area contributed by atoms with E-state index in [1.165, 1.54) is 24.7 Å². The van der Waals surface area contributed by atoms with E-state index in [0.717, 1.165) is 0 Å². The molecule has 0 fully saturated rings. The number of hydrogen-bond acceptors (Lipinski definition) is 6. The average molecular weight is 293 g/mol. The molecule has 2 aromatic rings. The van der Waals surface area contributed by atoms with Crippen molar-refractivity contribution in [3.8, 4) is 11.8 Å². The number of oxazole rings is 1. The Morgan fingerprint density at radius 3 is 2.90 bits per heavy atom. The van der Waals surface area contributed by atoms with Crippen molar-refractivity contribution in [1.82, 2.24) is 9.97 Å². The second-order valence-electron chi connectivity index (χ2n) is 3.77. The highest BCUT2D eigenvalue weighted by Crippen LogP contribution is 2.15. The molecule has 0 aliphatic heterocycles. The number of aliphatic hydroxyl groups is 1. The maximum atomic E-state index is 12.1. The molecular formula is C12H11N3O4S. The number of anilines is 1. The van der Waals surface area contributed by atoms with E-state index in [0.29, 0.717) is 11.3 Å². The lowest BCUT2D eigenvalue weighted by atomic mass is 10.3. The highest BCUT2D eigenvalue weighted by molar-refractivity contribution is 7.92. The molecule has 0 spiro atoms. The van der Waals surface area contributed by atoms with E-state index in [9.17, 15) is 8.42 Å². The highest BCUT2D eigenvalue weighted by Gasteiger charge is 2.17. The summed E-state index contributed by atoms with van der Waals surface area (Å²) < 4.78 is 31.3. The molecule has 2 rings (SSSR count). The molecule has 2 heterocycles. The second-order valence-corrected chi connectivity index (χ2v) is 5.45. The first-order valence-electron chi connectivity index (χ1n) is 5.51. The normalized spacial score (nSPS) is 10.7. The lowest BCUT2D eigenvalue weighted by molar-refractivity contribution is 0.350. The minimum absolute atomic E-state index is 0.0712. The number of aryl methyl sites for hydroxylation is 1. The van der Waals surface area contributed by atoms with Crippen molar-refractivity contribution in [2.45, 2.75) is 11.8 Å². The van der Waals surface area contributed by atoms with E-state index < -0.39 is 10.0 Å². The average Bonchev–Trinajstić information content (AvgIpc) is 2.81. The first kappa shape index (κ1) is 14.0. The van der Waals surface area contributed by atoms with Crippen LogP contribution in [0.5, 0.6) is 0 Å². The van der Waals surface area contributed by atoms with Gasteiger partial charge in [0.25, 0.3) is 10.0 Å². The van der Waals surface area contributed by atoms with Crippen LogP contribution in [-0.2, 0) is 10.0 Å². The van der Waals surface area contributed by atoms with Crippen LogP contribution in [0.25, 0.3) is 0 Å². The summed E-state index contributed by atoms with van der Waals surface area (Å²) >= 11 is 0. The first-order chi connectivity index (χ1) is 9.51. The Balaban J connectivity index is 2.29. The summed E-state index contributed by atoms with van der Waals surface area (Å²) in [6.45, 7) is 1.36. The van der Waals surface area contributed by atoms with Gasteiger partial charge >= 0.3 is 6.01 Å². The van der Waals surface area contributed by atoms with Gasteiger partial charge in [-0.05, 0) is 13.0 Å². The number of pyridine rings is 1. The van der Waals surface area contributed by atoms with Crippen LogP contribution in [-0.4, -0.2) is 30.1 Å². The summed E-state index contributed by atoms with van der Waals surface area (Å²) in [6, 6.07) is 1.22. The molecule has 8 heteroatoms. The molecule has 0 saturated carbocycles. The number of aromatic nitrogens is 2. The van der Waals surface area contributed by atoms with Gasteiger partial charge < -0.3 is 9.52 Å². The molecule has 0 atom stereocenters. The van der Waals surface area contributed by atoms with Crippen molar-refractivity contribution in [3.63, 3.8) is 0 Å². The monoisotopic (exact) mass is 293 g/mol. The van der Waals surface area contributed by atoms with Gasteiger partial charge in [-0.25, -0.2) is 13.1 Å². The lowest BCUT2D eigenvalue weighted by Gasteiger charge is -2.04. The van der Waals surface area contributed by atoms with Crippen molar-refractivity contribution in [2.75, 3.05) is 11.3 Å². The fourth-order valence-electron chi connectivity index (χ4n) is 1.35. The van der Waals surface area contributed by atoms with Crippen molar-refractivity contribution in [3.05, 3.63) is 36.0 Å². The molecule has 104 valence electrons. The van der Waals surface area contributed by atoms with Crippen molar-refractivity contribution >= 4 is 16.0 Å². The number of aliphatic hydroxyl groups excluding tert-OH is 1. The SMILES string of the molecule is Cc1coc(NS(=O)(=O)c2cncc(C#CCO)c2)n1. The molecule has 0 radical (unpaired) electrons. The summed E-state index contributed by atoms with van der Waals surface area (Å²) in [4.78, 5) is 7.58. The Kier molecular flexibility index (Phi) is 4.02. The van der Waals surface area contributed by atoms with Crippen LogP contribution in [0.1, 0.15) is 11.3 Å². The zero-order valence-corrected chi connectivity index (χ0v) is 11.3. The van der Waals surface area contributed by atoms with Gasteiger partial charge in [-0.1, -0.05) is 11.8 Å². The molecule has 7 nitrogen and oxygen atoms in total. The van der Waals surface area contributed by atoms with E-state index in [1.54, 1.807) is 6.92 Å². The topological polar surface area (TPSA) is 105 Å². The molecule has 0 bridgehead atoms. The van der Waals surface area contributed by atoms with Crippen LogP contribution < -0.4 is 4.72 Å². The summed E-state index contributed by atoms with van der Waals surface area (Å²) in [5, 5.41) is 8.61. The molecule has 2 aromatic heterocycles. The molecule has 20 heavy (non-hydrogen) atoms. The number of nitrogens with zero attached hydrogens (tertiary/aromatic N) is 2. The lowest BCUT2D eigenvalue weighted by Crippen LogP contribution is -2.13. The Labute approximate surface area is 115 Å². The van der Waals surface area contributed by atoms with Crippen molar-refractivity contribution in [1.29, 1.82) is 0 Å². The van der Waals surface area contributed by atoms with Gasteiger partial charge in [0.15, 0.2) is 0 Å². The van der Waals surface area contributed by atoms with Crippen LogP contribution in [0.15, 0.2) is 34.0 Å². The molecule has 0 unspecified atom stereocenters. The van der Waals surface area contributed by atoms with E-state index in [1.807, 2.05) is 0 Å². The van der Waals surface area contributed by atoms with Crippen LogP contribution in [0.2, 0.25) is 0 Å². The fraction of sp³-hybridized carbons (Fsp3) is 0.167. The smallest absolute Gasteiger partial charge is 0.309 e. The number of hydrogen-bond donors (Lipinski definition) is 2. The Morgan fingerprint density at radius 2 is 2.25 bits per heavy atom. The van der Waals surface area contributed by atoms with E-state index in [4.69, 9.17) is 9.52 Å². The van der Waals surface area contributed by atoms with Crippen LogP contribution in [0, 0.1) is 18.8 Å². The second kappa shape index (κ2) is 5.73. The zero-order valence-electron chi connectivity index (χ0n) is 10.5. The Hall–Kier alpha value is -2.37. The zero-order chi connectivity index (χ0) is 14.6. The third-order valence-corrected chi connectivity index (χ3v) is 3.46. The largest absolute Gasteiger partial charge is 0.431 e. The molecule has 0 aliphatic carbocycles. The number of sulfonamides is 1. The van der Waals surface area contributed by atoms with Crippen LogP contribution in [0.3, 0.4) is 0 Å². The molecule has 0 aromatic carbocycles. The first-order valence-corrected chi connectivity index (χ1v) is 6.99. The predicted octanol–water partition coefficient (Wildman–Crippen LogP) is 0.523. The Bertz CT molecular complexity index is 771. The van der Waals surface area contributed by atoms with Gasteiger partial charge in [-0.3, -0.25) is 4.98 Å².